The van der Waals surface area contributed by atoms with Crippen LogP contribution in [-0.2, 0) is 11.3 Å². The summed E-state index contributed by atoms with van der Waals surface area (Å²) in [5.74, 6) is 0. The van der Waals surface area contributed by atoms with Crippen LogP contribution in [0.25, 0.3) is 0 Å². The minimum atomic E-state index is 0.350. The topological polar surface area (TPSA) is 24.5 Å². The van der Waals surface area contributed by atoms with Gasteiger partial charge >= 0.3 is 0 Å². The number of hydrogen-bond acceptors (Lipinski definition) is 3. The number of likely N-dealkylation sites (N-methyl/N-ethyl adjacent to an activating group) is 1. The molecule has 0 spiro atoms. The van der Waals surface area contributed by atoms with Crippen LogP contribution >= 0.6 is 11.6 Å². The molecule has 0 saturated carbocycles. The fourth-order valence-corrected chi connectivity index (χ4v) is 2.99. The van der Waals surface area contributed by atoms with Gasteiger partial charge in [0, 0.05) is 32.3 Å². The van der Waals surface area contributed by atoms with Gasteiger partial charge in [0.1, 0.15) is 0 Å². The lowest BCUT2D eigenvalue weighted by Crippen LogP contribution is -2.32. The van der Waals surface area contributed by atoms with Crippen LogP contribution in [-0.4, -0.2) is 31.8 Å². The second-order valence-electron chi connectivity index (χ2n) is 6.00. The number of anilines is 1. The molecule has 1 aliphatic rings. The molecule has 3 nitrogen and oxygen atoms in total. The first kappa shape index (κ1) is 16.6. The standard InChI is InChI=1S/C17H27ClN2O/c1-4-20(12-15-6-5-9-21-15)17-8-7-14(10-16(17)18)11-19-13(2)3/h7-8,10,13,15,19H,4-6,9,11-12H2,1-3H3. The molecule has 1 aromatic rings. The monoisotopic (exact) mass is 310 g/mol. The molecule has 1 fully saturated rings. The molecule has 1 aliphatic heterocycles. The van der Waals surface area contributed by atoms with E-state index in [9.17, 15) is 0 Å². The molecule has 1 unspecified atom stereocenters. The van der Waals surface area contributed by atoms with E-state index in [2.05, 4.69) is 49.2 Å². The summed E-state index contributed by atoms with van der Waals surface area (Å²) in [5, 5.41) is 4.25. The Morgan fingerprint density at radius 2 is 2.24 bits per heavy atom. The fraction of sp³-hybridized carbons (Fsp3) is 0.647. The van der Waals surface area contributed by atoms with E-state index < -0.39 is 0 Å². The first-order chi connectivity index (χ1) is 10.1. The Bertz CT molecular complexity index is 444. The fourth-order valence-electron chi connectivity index (χ4n) is 2.67. The van der Waals surface area contributed by atoms with Crippen molar-refractivity contribution in [3.8, 4) is 0 Å². The Kier molecular flexibility index (Phi) is 6.34. The molecule has 1 saturated heterocycles. The molecule has 1 N–H and O–H groups in total. The maximum atomic E-state index is 6.49. The summed E-state index contributed by atoms with van der Waals surface area (Å²) in [5.41, 5.74) is 2.34. The van der Waals surface area contributed by atoms with Gasteiger partial charge in [-0.2, -0.15) is 0 Å². The van der Waals surface area contributed by atoms with Gasteiger partial charge in [0.15, 0.2) is 0 Å². The highest BCUT2D eigenvalue weighted by atomic mass is 35.5. The SMILES string of the molecule is CCN(CC1CCCO1)c1ccc(CNC(C)C)cc1Cl. The van der Waals surface area contributed by atoms with Crippen LogP contribution in [0, 0.1) is 0 Å². The number of halogens is 1. The molecule has 4 heteroatoms. The largest absolute Gasteiger partial charge is 0.376 e. The molecule has 118 valence electrons. The summed E-state index contributed by atoms with van der Waals surface area (Å²) in [4.78, 5) is 2.32. The summed E-state index contributed by atoms with van der Waals surface area (Å²) in [7, 11) is 0. The second kappa shape index (κ2) is 8.02. The van der Waals surface area contributed by atoms with Gasteiger partial charge in [-0.05, 0) is 37.5 Å². The highest BCUT2D eigenvalue weighted by Crippen LogP contribution is 2.28. The summed E-state index contributed by atoms with van der Waals surface area (Å²) >= 11 is 6.49. The number of hydrogen-bond donors (Lipinski definition) is 1. The highest BCUT2D eigenvalue weighted by molar-refractivity contribution is 6.33. The molecule has 1 atom stereocenters. The summed E-state index contributed by atoms with van der Waals surface area (Å²) in [6.45, 7) is 10.1. The van der Waals surface area contributed by atoms with Gasteiger partial charge in [-0.3, -0.25) is 0 Å². The van der Waals surface area contributed by atoms with Crippen LogP contribution in [0.3, 0.4) is 0 Å². The summed E-state index contributed by atoms with van der Waals surface area (Å²) in [6, 6.07) is 6.85. The van der Waals surface area contributed by atoms with Crippen LogP contribution in [0.2, 0.25) is 5.02 Å². The van der Waals surface area contributed by atoms with E-state index in [0.717, 1.165) is 43.4 Å². The molecular formula is C17H27ClN2O. The normalized spacial score (nSPS) is 18.4. The van der Waals surface area contributed by atoms with E-state index in [4.69, 9.17) is 16.3 Å². The van der Waals surface area contributed by atoms with E-state index in [-0.39, 0.29) is 0 Å². The molecule has 0 radical (unpaired) electrons. The molecule has 1 aromatic carbocycles. The Balaban J connectivity index is 2.03. The van der Waals surface area contributed by atoms with Crippen molar-refractivity contribution in [1.82, 2.24) is 5.32 Å². The highest BCUT2D eigenvalue weighted by Gasteiger charge is 2.20. The molecule has 0 aliphatic carbocycles. The van der Waals surface area contributed by atoms with Crippen LogP contribution in [0.4, 0.5) is 5.69 Å². The van der Waals surface area contributed by atoms with Gasteiger partial charge < -0.3 is 15.0 Å². The van der Waals surface area contributed by atoms with E-state index >= 15 is 0 Å². The first-order valence-corrected chi connectivity index (χ1v) is 8.36. The van der Waals surface area contributed by atoms with E-state index in [1.165, 1.54) is 12.0 Å². The van der Waals surface area contributed by atoms with E-state index in [1.807, 2.05) is 0 Å². The Hall–Kier alpha value is -0.770. The minimum Gasteiger partial charge on any atom is -0.376 e. The summed E-state index contributed by atoms with van der Waals surface area (Å²) in [6.07, 6.45) is 2.68. The van der Waals surface area contributed by atoms with Crippen molar-refractivity contribution < 1.29 is 4.74 Å². The second-order valence-corrected chi connectivity index (χ2v) is 6.40. The third kappa shape index (κ3) is 4.87. The minimum absolute atomic E-state index is 0.350. The average Bonchev–Trinajstić information content (AvgIpc) is 2.96. The Morgan fingerprint density at radius 3 is 2.81 bits per heavy atom. The van der Waals surface area contributed by atoms with Gasteiger partial charge in [0.25, 0.3) is 0 Å². The quantitative estimate of drug-likeness (QED) is 0.828. The van der Waals surface area contributed by atoms with Crippen molar-refractivity contribution in [3.05, 3.63) is 28.8 Å². The van der Waals surface area contributed by atoms with Crippen molar-refractivity contribution in [1.29, 1.82) is 0 Å². The lowest BCUT2D eigenvalue weighted by molar-refractivity contribution is 0.115. The number of benzene rings is 1. The van der Waals surface area contributed by atoms with Crippen LogP contribution in [0.5, 0.6) is 0 Å². The number of nitrogens with one attached hydrogen (secondary N) is 1. The molecule has 0 amide bonds. The zero-order chi connectivity index (χ0) is 15.2. The molecule has 21 heavy (non-hydrogen) atoms. The van der Waals surface area contributed by atoms with Crippen molar-refractivity contribution in [2.75, 3.05) is 24.6 Å². The third-order valence-corrected chi connectivity index (χ3v) is 4.20. The van der Waals surface area contributed by atoms with E-state index in [1.54, 1.807) is 0 Å². The maximum Gasteiger partial charge on any atom is 0.0750 e. The predicted molar refractivity (Wildman–Crippen MR) is 90.3 cm³/mol. The summed E-state index contributed by atoms with van der Waals surface area (Å²) < 4.78 is 5.74. The number of rotatable bonds is 7. The smallest absolute Gasteiger partial charge is 0.0750 e. The van der Waals surface area contributed by atoms with Crippen molar-refractivity contribution in [2.24, 2.45) is 0 Å². The van der Waals surface area contributed by atoms with Gasteiger partial charge in [0.05, 0.1) is 16.8 Å². The van der Waals surface area contributed by atoms with Gasteiger partial charge in [-0.1, -0.05) is 31.5 Å². The van der Waals surface area contributed by atoms with Crippen LogP contribution in [0.15, 0.2) is 18.2 Å². The molecule has 0 aromatic heterocycles. The molecule has 2 rings (SSSR count). The average molecular weight is 311 g/mol. The Labute approximate surface area is 133 Å². The van der Waals surface area contributed by atoms with Crippen molar-refractivity contribution >= 4 is 17.3 Å². The van der Waals surface area contributed by atoms with Crippen LogP contribution < -0.4 is 10.2 Å². The van der Waals surface area contributed by atoms with Crippen molar-refractivity contribution in [2.45, 2.75) is 52.3 Å². The number of ether oxygens (including phenoxy) is 1. The van der Waals surface area contributed by atoms with Crippen molar-refractivity contribution in [3.63, 3.8) is 0 Å². The van der Waals surface area contributed by atoms with Gasteiger partial charge in [-0.25, -0.2) is 0 Å². The first-order valence-electron chi connectivity index (χ1n) is 7.98. The lowest BCUT2D eigenvalue weighted by Gasteiger charge is -2.27. The number of nitrogens with zero attached hydrogens (tertiary/aromatic N) is 1. The molecular weight excluding hydrogens is 284 g/mol. The third-order valence-electron chi connectivity index (χ3n) is 3.90. The lowest BCUT2D eigenvalue weighted by atomic mass is 10.1. The van der Waals surface area contributed by atoms with Gasteiger partial charge in [0.2, 0.25) is 0 Å². The van der Waals surface area contributed by atoms with Gasteiger partial charge in [-0.15, -0.1) is 0 Å². The Morgan fingerprint density at radius 1 is 1.43 bits per heavy atom. The predicted octanol–water partition coefficient (Wildman–Crippen LogP) is 3.84. The van der Waals surface area contributed by atoms with Crippen LogP contribution in [0.1, 0.15) is 39.2 Å². The van der Waals surface area contributed by atoms with E-state index in [0.29, 0.717) is 12.1 Å². The maximum absolute atomic E-state index is 6.49. The zero-order valence-corrected chi connectivity index (χ0v) is 14.1. The zero-order valence-electron chi connectivity index (χ0n) is 13.4. The molecule has 1 heterocycles. The molecule has 0 bridgehead atoms.